The quantitative estimate of drug-likeness (QED) is 0.334. The van der Waals surface area contributed by atoms with Crippen LogP contribution in [-0.2, 0) is 23.9 Å². The standard InChI is InChI=1S/C13H20N2O8/c1-5-9(15-8(18)4-3-7(17)12(20)21)11(19)10(13(22)23-5)14-6(2)16/h5,9-11,13,19,22H,3-4H2,1-2H3,(H,14,16)(H,15,18)(H,20,21)/t5-,9+,10-,11+,13?/m1/s1. The van der Waals surface area contributed by atoms with Gasteiger partial charge in [0.2, 0.25) is 17.6 Å². The summed E-state index contributed by atoms with van der Waals surface area (Å²) in [4.78, 5) is 44.2. The number of aliphatic carboxylic acids is 1. The first kappa shape index (κ1) is 19.0. The Labute approximate surface area is 131 Å². The summed E-state index contributed by atoms with van der Waals surface area (Å²) >= 11 is 0. The summed E-state index contributed by atoms with van der Waals surface area (Å²) in [6, 6.07) is -2.07. The lowest BCUT2D eigenvalue weighted by atomic mass is 9.94. The largest absolute Gasteiger partial charge is 0.476 e. The van der Waals surface area contributed by atoms with Crippen molar-refractivity contribution in [1.29, 1.82) is 0 Å². The molecule has 1 unspecified atom stereocenters. The van der Waals surface area contributed by atoms with Gasteiger partial charge in [-0.15, -0.1) is 0 Å². The monoisotopic (exact) mass is 332 g/mol. The molecule has 1 rings (SSSR count). The maximum Gasteiger partial charge on any atom is 0.372 e. The number of carbonyl (C=O) groups is 4. The van der Waals surface area contributed by atoms with Crippen molar-refractivity contribution in [3.05, 3.63) is 0 Å². The van der Waals surface area contributed by atoms with Crippen molar-refractivity contribution in [3.63, 3.8) is 0 Å². The minimum Gasteiger partial charge on any atom is -0.476 e. The van der Waals surface area contributed by atoms with Crippen molar-refractivity contribution in [1.82, 2.24) is 10.6 Å². The number of amides is 2. The van der Waals surface area contributed by atoms with Crippen LogP contribution in [-0.4, -0.2) is 69.5 Å². The van der Waals surface area contributed by atoms with Crippen molar-refractivity contribution < 1.29 is 39.2 Å². The highest BCUT2D eigenvalue weighted by molar-refractivity contribution is 6.32. The molecule has 0 bridgehead atoms. The zero-order chi connectivity index (χ0) is 17.7. The van der Waals surface area contributed by atoms with E-state index in [9.17, 15) is 29.4 Å². The van der Waals surface area contributed by atoms with Crippen LogP contribution < -0.4 is 10.6 Å². The van der Waals surface area contributed by atoms with Gasteiger partial charge in [-0.1, -0.05) is 0 Å². The Kier molecular flexibility index (Phi) is 6.61. The number of ketones is 1. The van der Waals surface area contributed by atoms with Gasteiger partial charge in [-0.25, -0.2) is 4.79 Å². The first-order valence-electron chi connectivity index (χ1n) is 6.97. The average molecular weight is 332 g/mol. The zero-order valence-electron chi connectivity index (χ0n) is 12.7. The van der Waals surface area contributed by atoms with E-state index in [0.717, 1.165) is 0 Å². The molecule has 0 radical (unpaired) electrons. The first-order chi connectivity index (χ1) is 10.6. The van der Waals surface area contributed by atoms with Crippen molar-refractivity contribution >= 4 is 23.6 Å². The molecule has 1 fully saturated rings. The minimum atomic E-state index is -1.62. The maximum atomic E-state index is 11.8. The third kappa shape index (κ3) is 5.27. The SMILES string of the molecule is CC(=O)N[C@H]1C(O)O[C@H](C)[C@H](NC(=O)CCC(=O)C(=O)O)[C@@H]1O. The van der Waals surface area contributed by atoms with E-state index in [0.29, 0.717) is 0 Å². The number of hydrogen-bond acceptors (Lipinski definition) is 7. The molecule has 0 aliphatic carbocycles. The number of carboxylic acid groups (broad SMARTS) is 1. The summed E-state index contributed by atoms with van der Waals surface area (Å²) in [6.45, 7) is 2.70. The van der Waals surface area contributed by atoms with Crippen LogP contribution in [0.5, 0.6) is 0 Å². The predicted octanol–water partition coefficient (Wildman–Crippen LogP) is -2.49. The number of carboxylic acids is 1. The number of aliphatic hydroxyl groups is 2. The van der Waals surface area contributed by atoms with Crippen LogP contribution in [0.3, 0.4) is 0 Å². The van der Waals surface area contributed by atoms with Crippen molar-refractivity contribution in [3.8, 4) is 0 Å². The smallest absolute Gasteiger partial charge is 0.372 e. The number of ether oxygens (including phenoxy) is 1. The molecule has 5 N–H and O–H groups in total. The number of hydrogen-bond donors (Lipinski definition) is 5. The van der Waals surface area contributed by atoms with Gasteiger partial charge in [0, 0.05) is 19.8 Å². The fourth-order valence-corrected chi connectivity index (χ4v) is 2.25. The van der Waals surface area contributed by atoms with Gasteiger partial charge in [0.1, 0.15) is 12.1 Å². The van der Waals surface area contributed by atoms with E-state index in [2.05, 4.69) is 10.6 Å². The summed E-state index contributed by atoms with van der Waals surface area (Å²) in [5, 5.41) is 33.1. The van der Waals surface area contributed by atoms with Gasteiger partial charge in [-0.2, -0.15) is 0 Å². The zero-order valence-corrected chi connectivity index (χ0v) is 12.7. The molecule has 0 spiro atoms. The van der Waals surface area contributed by atoms with E-state index in [4.69, 9.17) is 9.84 Å². The second-order valence-electron chi connectivity index (χ2n) is 5.27. The second-order valence-corrected chi connectivity index (χ2v) is 5.27. The highest BCUT2D eigenvalue weighted by Gasteiger charge is 2.43. The van der Waals surface area contributed by atoms with Crippen LogP contribution in [0.15, 0.2) is 0 Å². The Morgan fingerprint density at radius 3 is 2.17 bits per heavy atom. The normalized spacial score (nSPS) is 30.3. The molecule has 2 amide bonds. The molecule has 10 heteroatoms. The van der Waals surface area contributed by atoms with Crippen LogP contribution in [0.25, 0.3) is 0 Å². The van der Waals surface area contributed by atoms with Crippen LogP contribution in [0, 0.1) is 0 Å². The van der Waals surface area contributed by atoms with Gasteiger partial charge in [-0.05, 0) is 6.92 Å². The molecule has 0 aromatic heterocycles. The van der Waals surface area contributed by atoms with E-state index in [-0.39, 0.29) is 6.42 Å². The molecule has 10 nitrogen and oxygen atoms in total. The van der Waals surface area contributed by atoms with Crippen molar-refractivity contribution in [2.75, 3.05) is 0 Å². The van der Waals surface area contributed by atoms with Crippen molar-refractivity contribution in [2.24, 2.45) is 0 Å². The van der Waals surface area contributed by atoms with E-state index < -0.39 is 60.6 Å². The lowest BCUT2D eigenvalue weighted by molar-refractivity contribution is -0.214. The molecule has 23 heavy (non-hydrogen) atoms. The summed E-state index contributed by atoms with van der Waals surface area (Å²) in [6.07, 6.45) is -4.36. The maximum absolute atomic E-state index is 11.8. The lowest BCUT2D eigenvalue weighted by Gasteiger charge is -2.42. The van der Waals surface area contributed by atoms with E-state index in [1.807, 2.05) is 0 Å². The van der Waals surface area contributed by atoms with Gasteiger partial charge in [-0.3, -0.25) is 14.4 Å². The molecular formula is C13H20N2O8. The van der Waals surface area contributed by atoms with Gasteiger partial charge in [0.05, 0.1) is 12.1 Å². The summed E-state index contributed by atoms with van der Waals surface area (Å²) in [5.41, 5.74) is 0. The van der Waals surface area contributed by atoms with Gasteiger partial charge in [0.25, 0.3) is 0 Å². The predicted molar refractivity (Wildman–Crippen MR) is 74.0 cm³/mol. The molecule has 0 aromatic rings. The number of rotatable bonds is 6. The van der Waals surface area contributed by atoms with Crippen LogP contribution in [0.1, 0.15) is 26.7 Å². The molecule has 5 atom stereocenters. The Balaban J connectivity index is 2.66. The number of aliphatic hydroxyl groups excluding tert-OH is 2. The number of nitrogens with one attached hydrogen (secondary N) is 2. The van der Waals surface area contributed by atoms with Gasteiger partial charge >= 0.3 is 5.97 Å². The molecule has 0 aromatic carbocycles. The highest BCUT2D eigenvalue weighted by atomic mass is 16.6. The molecule has 1 aliphatic rings. The van der Waals surface area contributed by atoms with E-state index in [1.165, 1.54) is 13.8 Å². The number of carbonyl (C=O) groups excluding carboxylic acids is 3. The molecular weight excluding hydrogens is 312 g/mol. The Hall–Kier alpha value is -2.04. The van der Waals surface area contributed by atoms with Crippen LogP contribution >= 0.6 is 0 Å². The summed E-state index contributed by atoms with van der Waals surface area (Å²) < 4.78 is 5.15. The first-order valence-corrected chi connectivity index (χ1v) is 6.97. The van der Waals surface area contributed by atoms with Crippen LogP contribution in [0.2, 0.25) is 0 Å². The Bertz CT molecular complexity index is 494. The molecule has 1 heterocycles. The third-order valence-corrected chi connectivity index (χ3v) is 3.42. The topological polar surface area (TPSA) is 162 Å². The molecule has 0 saturated carbocycles. The van der Waals surface area contributed by atoms with Gasteiger partial charge in [0.15, 0.2) is 6.29 Å². The average Bonchev–Trinajstić information content (AvgIpc) is 2.45. The minimum absolute atomic E-state index is 0.367. The Morgan fingerprint density at radius 1 is 1.04 bits per heavy atom. The Morgan fingerprint density at radius 2 is 1.65 bits per heavy atom. The van der Waals surface area contributed by atoms with Gasteiger partial charge < -0.3 is 30.7 Å². The van der Waals surface area contributed by atoms with E-state index >= 15 is 0 Å². The summed E-state index contributed by atoms with van der Waals surface area (Å²) in [7, 11) is 0. The second kappa shape index (κ2) is 7.99. The summed E-state index contributed by atoms with van der Waals surface area (Å²) in [5.74, 6) is -3.87. The third-order valence-electron chi connectivity index (χ3n) is 3.42. The van der Waals surface area contributed by atoms with Crippen molar-refractivity contribution in [2.45, 2.75) is 57.3 Å². The molecule has 1 aliphatic heterocycles. The van der Waals surface area contributed by atoms with E-state index in [1.54, 1.807) is 0 Å². The molecule has 130 valence electrons. The molecule has 1 saturated heterocycles. The number of Topliss-reactive ketones (excluding diaryl/α,β-unsaturated/α-hetero) is 1. The highest BCUT2D eigenvalue weighted by Crippen LogP contribution is 2.20. The fraction of sp³-hybridized carbons (Fsp3) is 0.692. The lowest BCUT2D eigenvalue weighted by Crippen LogP contribution is -2.67. The van der Waals surface area contributed by atoms with Crippen LogP contribution in [0.4, 0.5) is 0 Å². The fourth-order valence-electron chi connectivity index (χ4n) is 2.25.